The molecule has 1 aliphatic rings. The van der Waals surface area contributed by atoms with Crippen LogP contribution >= 0.6 is 0 Å². The maximum Gasteiger partial charge on any atom is 0.0500 e. The third kappa shape index (κ3) is 3.06. The normalized spacial score (nSPS) is 35.5. The molecule has 3 heteroatoms. The fraction of sp³-hybridized carbons (Fsp3) is 1.00. The second-order valence-electron chi connectivity index (χ2n) is 4.40. The van der Waals surface area contributed by atoms with Crippen molar-refractivity contribution in [3.05, 3.63) is 0 Å². The van der Waals surface area contributed by atoms with Crippen molar-refractivity contribution in [2.45, 2.75) is 50.3 Å². The van der Waals surface area contributed by atoms with Crippen LogP contribution in [0.1, 0.15) is 39.0 Å². The summed E-state index contributed by atoms with van der Waals surface area (Å²) in [6.45, 7) is 2.24. The van der Waals surface area contributed by atoms with Crippen LogP contribution in [0.2, 0.25) is 0 Å². The van der Waals surface area contributed by atoms with Crippen molar-refractivity contribution in [2.75, 3.05) is 13.3 Å². The smallest absolute Gasteiger partial charge is 0.0500 e. The first-order valence-corrected chi connectivity index (χ1v) is 7.30. The molecule has 1 fully saturated rings. The Morgan fingerprint density at radius 2 is 2.14 bits per heavy atom. The minimum atomic E-state index is -0.669. The van der Waals surface area contributed by atoms with Crippen molar-refractivity contribution in [3.63, 3.8) is 0 Å². The van der Waals surface area contributed by atoms with E-state index in [0.717, 1.165) is 12.3 Å². The average molecular weight is 217 g/mol. The van der Waals surface area contributed by atoms with Gasteiger partial charge in [-0.3, -0.25) is 4.21 Å². The molecule has 0 amide bonds. The summed E-state index contributed by atoms with van der Waals surface area (Å²) in [6.07, 6.45) is 8.09. The van der Waals surface area contributed by atoms with E-state index in [0.29, 0.717) is 11.3 Å². The van der Waals surface area contributed by atoms with Crippen LogP contribution in [0.5, 0.6) is 0 Å². The van der Waals surface area contributed by atoms with Crippen molar-refractivity contribution in [1.82, 2.24) is 5.32 Å². The van der Waals surface area contributed by atoms with Gasteiger partial charge in [-0.05, 0) is 32.2 Å². The zero-order valence-electron chi connectivity index (χ0n) is 9.58. The lowest BCUT2D eigenvalue weighted by atomic mass is 9.83. The molecule has 4 unspecified atom stereocenters. The highest BCUT2D eigenvalue weighted by molar-refractivity contribution is 7.85. The quantitative estimate of drug-likeness (QED) is 0.779. The van der Waals surface area contributed by atoms with E-state index in [9.17, 15) is 4.21 Å². The first-order valence-electron chi connectivity index (χ1n) is 5.68. The Bertz CT molecular complexity index is 196. The molecule has 0 aromatic carbocycles. The van der Waals surface area contributed by atoms with Gasteiger partial charge in [-0.1, -0.05) is 19.8 Å². The molecule has 14 heavy (non-hydrogen) atoms. The van der Waals surface area contributed by atoms with Gasteiger partial charge >= 0.3 is 0 Å². The van der Waals surface area contributed by atoms with Crippen LogP contribution in [0.4, 0.5) is 0 Å². The largest absolute Gasteiger partial charge is 0.316 e. The number of hydrogen-bond acceptors (Lipinski definition) is 2. The SMILES string of the molecule is CCCC1CCC(NC)C(S(C)=O)C1. The number of rotatable bonds is 4. The van der Waals surface area contributed by atoms with Gasteiger partial charge in [-0.2, -0.15) is 0 Å². The maximum absolute atomic E-state index is 11.6. The first-order chi connectivity index (χ1) is 6.69. The Hall–Kier alpha value is 0.110. The van der Waals surface area contributed by atoms with E-state index < -0.39 is 10.8 Å². The summed E-state index contributed by atoms with van der Waals surface area (Å²) < 4.78 is 11.6. The van der Waals surface area contributed by atoms with Gasteiger partial charge in [0.15, 0.2) is 0 Å². The summed E-state index contributed by atoms with van der Waals surface area (Å²) in [6, 6.07) is 0.480. The predicted molar refractivity (Wildman–Crippen MR) is 63.0 cm³/mol. The topological polar surface area (TPSA) is 29.1 Å². The van der Waals surface area contributed by atoms with E-state index in [2.05, 4.69) is 12.2 Å². The molecule has 0 aliphatic heterocycles. The molecule has 0 aromatic heterocycles. The molecule has 1 rings (SSSR count). The Kier molecular flexibility index (Phi) is 5.10. The van der Waals surface area contributed by atoms with Gasteiger partial charge in [0.05, 0.1) is 5.25 Å². The second kappa shape index (κ2) is 5.86. The molecule has 4 atom stereocenters. The fourth-order valence-corrected chi connectivity index (χ4v) is 3.86. The highest BCUT2D eigenvalue weighted by atomic mass is 32.2. The Morgan fingerprint density at radius 1 is 1.43 bits per heavy atom. The second-order valence-corrected chi connectivity index (χ2v) is 6.00. The van der Waals surface area contributed by atoms with Crippen LogP contribution in [-0.2, 0) is 10.8 Å². The molecule has 84 valence electrons. The third-order valence-electron chi connectivity index (χ3n) is 3.39. The van der Waals surface area contributed by atoms with Gasteiger partial charge in [-0.15, -0.1) is 0 Å². The molecule has 0 radical (unpaired) electrons. The third-order valence-corrected chi connectivity index (χ3v) is 4.77. The standard InChI is InChI=1S/C11H23NOS/c1-4-5-9-6-7-10(12-2)11(8-9)14(3)13/h9-12H,4-8H2,1-3H3. The highest BCUT2D eigenvalue weighted by Crippen LogP contribution is 2.30. The summed E-state index contributed by atoms with van der Waals surface area (Å²) in [5.74, 6) is 0.818. The van der Waals surface area contributed by atoms with E-state index in [1.54, 1.807) is 0 Å². The van der Waals surface area contributed by atoms with E-state index in [-0.39, 0.29) is 0 Å². The van der Waals surface area contributed by atoms with Crippen molar-refractivity contribution in [2.24, 2.45) is 5.92 Å². The Balaban J connectivity index is 2.52. The van der Waals surface area contributed by atoms with Crippen molar-refractivity contribution in [1.29, 1.82) is 0 Å². The van der Waals surface area contributed by atoms with Gasteiger partial charge in [0.2, 0.25) is 0 Å². The van der Waals surface area contributed by atoms with Crippen LogP contribution < -0.4 is 5.32 Å². The summed E-state index contributed by atoms with van der Waals surface area (Å²) in [7, 11) is 1.32. The van der Waals surface area contributed by atoms with Gasteiger partial charge in [0.1, 0.15) is 0 Å². The molecule has 0 heterocycles. The van der Waals surface area contributed by atoms with Crippen molar-refractivity contribution >= 4 is 10.8 Å². The number of nitrogens with one attached hydrogen (secondary N) is 1. The molecule has 1 N–H and O–H groups in total. The minimum absolute atomic E-state index is 0.380. The lowest BCUT2D eigenvalue weighted by Gasteiger charge is -2.34. The fourth-order valence-electron chi connectivity index (χ4n) is 2.58. The Labute approximate surface area is 90.3 Å². The van der Waals surface area contributed by atoms with Gasteiger partial charge in [0.25, 0.3) is 0 Å². The van der Waals surface area contributed by atoms with Gasteiger partial charge in [0, 0.05) is 23.1 Å². The van der Waals surface area contributed by atoms with E-state index in [1.807, 2.05) is 13.3 Å². The van der Waals surface area contributed by atoms with Crippen LogP contribution in [-0.4, -0.2) is 28.8 Å². The summed E-state index contributed by atoms with van der Waals surface area (Å²) in [5.41, 5.74) is 0. The summed E-state index contributed by atoms with van der Waals surface area (Å²) in [5, 5.41) is 3.68. The molecule has 0 spiro atoms. The average Bonchev–Trinajstić information content (AvgIpc) is 2.18. The predicted octanol–water partition coefficient (Wildman–Crippen LogP) is 1.92. The molecule has 1 saturated carbocycles. The van der Waals surface area contributed by atoms with E-state index >= 15 is 0 Å². The van der Waals surface area contributed by atoms with Crippen LogP contribution in [0.3, 0.4) is 0 Å². The summed E-state index contributed by atoms with van der Waals surface area (Å²) in [4.78, 5) is 0. The maximum atomic E-state index is 11.6. The highest BCUT2D eigenvalue weighted by Gasteiger charge is 2.31. The monoisotopic (exact) mass is 217 g/mol. The minimum Gasteiger partial charge on any atom is -0.316 e. The van der Waals surface area contributed by atoms with Crippen LogP contribution in [0, 0.1) is 5.92 Å². The lowest BCUT2D eigenvalue weighted by Crippen LogP contribution is -2.44. The van der Waals surface area contributed by atoms with Crippen molar-refractivity contribution in [3.8, 4) is 0 Å². The summed E-state index contributed by atoms with van der Waals surface area (Å²) >= 11 is 0. The number of hydrogen-bond donors (Lipinski definition) is 1. The van der Waals surface area contributed by atoms with Crippen LogP contribution in [0.15, 0.2) is 0 Å². The lowest BCUT2D eigenvalue weighted by molar-refractivity contribution is 0.292. The van der Waals surface area contributed by atoms with E-state index in [4.69, 9.17) is 0 Å². The molecule has 0 bridgehead atoms. The van der Waals surface area contributed by atoms with E-state index in [1.165, 1.54) is 25.7 Å². The van der Waals surface area contributed by atoms with Gasteiger partial charge in [-0.25, -0.2) is 0 Å². The molecule has 1 aliphatic carbocycles. The molecular weight excluding hydrogens is 194 g/mol. The van der Waals surface area contributed by atoms with Gasteiger partial charge < -0.3 is 5.32 Å². The zero-order chi connectivity index (χ0) is 10.6. The molecule has 0 saturated heterocycles. The van der Waals surface area contributed by atoms with Crippen molar-refractivity contribution < 1.29 is 4.21 Å². The Morgan fingerprint density at radius 3 is 2.64 bits per heavy atom. The first kappa shape index (κ1) is 12.2. The van der Waals surface area contributed by atoms with Crippen LogP contribution in [0.25, 0.3) is 0 Å². The zero-order valence-corrected chi connectivity index (χ0v) is 10.4. The molecule has 0 aromatic rings. The molecular formula is C11H23NOS. The molecule has 2 nitrogen and oxygen atoms in total.